The number of para-hydroxylation sites is 1. The van der Waals surface area contributed by atoms with Crippen molar-refractivity contribution in [2.75, 3.05) is 44.3 Å². The summed E-state index contributed by atoms with van der Waals surface area (Å²) in [5.41, 5.74) is 1.26. The van der Waals surface area contributed by atoms with Gasteiger partial charge in [-0.05, 0) is 19.0 Å². The quantitative estimate of drug-likeness (QED) is 0.745. The highest BCUT2D eigenvalue weighted by atomic mass is 32.2. The van der Waals surface area contributed by atoms with E-state index < -0.39 is 0 Å². The maximum Gasteiger partial charge on any atom is 0.123 e. The molecule has 0 bridgehead atoms. The molecule has 0 atom stereocenters. The van der Waals surface area contributed by atoms with Gasteiger partial charge in [0.1, 0.15) is 12.4 Å². The third-order valence-corrected chi connectivity index (χ3v) is 4.43. The van der Waals surface area contributed by atoms with Crippen LogP contribution in [0.2, 0.25) is 0 Å². The standard InChI is InChI=1S/C16H26N2OS/c1-2-7-17-14-15-5-3-4-6-16(15)19-11-8-18-9-12-20-13-10-18/h3-6,17H,2,7-14H2,1H3. The van der Waals surface area contributed by atoms with Crippen LogP contribution in [0.15, 0.2) is 24.3 Å². The molecule has 0 amide bonds. The topological polar surface area (TPSA) is 24.5 Å². The Morgan fingerprint density at radius 2 is 2.05 bits per heavy atom. The second-order valence-corrected chi connectivity index (χ2v) is 6.31. The average Bonchev–Trinajstić information content (AvgIpc) is 2.50. The van der Waals surface area contributed by atoms with Gasteiger partial charge < -0.3 is 10.1 Å². The summed E-state index contributed by atoms with van der Waals surface area (Å²) in [6.07, 6.45) is 1.16. The van der Waals surface area contributed by atoms with Gasteiger partial charge in [-0.25, -0.2) is 0 Å². The first-order valence-electron chi connectivity index (χ1n) is 7.61. The Morgan fingerprint density at radius 1 is 1.25 bits per heavy atom. The lowest BCUT2D eigenvalue weighted by Crippen LogP contribution is -2.35. The number of thioether (sulfide) groups is 1. The molecule has 0 aliphatic carbocycles. The van der Waals surface area contributed by atoms with Crippen LogP contribution in [0.4, 0.5) is 0 Å². The van der Waals surface area contributed by atoms with Crippen molar-refractivity contribution in [3.63, 3.8) is 0 Å². The lowest BCUT2D eigenvalue weighted by Gasteiger charge is -2.26. The summed E-state index contributed by atoms with van der Waals surface area (Å²) in [6, 6.07) is 8.36. The van der Waals surface area contributed by atoms with Gasteiger partial charge in [-0.3, -0.25) is 4.90 Å². The molecule has 1 saturated heterocycles. The van der Waals surface area contributed by atoms with E-state index in [2.05, 4.69) is 53.2 Å². The van der Waals surface area contributed by atoms with Gasteiger partial charge in [-0.1, -0.05) is 25.1 Å². The summed E-state index contributed by atoms with van der Waals surface area (Å²) in [5.74, 6) is 3.55. The Morgan fingerprint density at radius 3 is 2.85 bits per heavy atom. The highest BCUT2D eigenvalue weighted by molar-refractivity contribution is 7.99. The zero-order valence-corrected chi connectivity index (χ0v) is 13.3. The lowest BCUT2D eigenvalue weighted by atomic mass is 10.2. The van der Waals surface area contributed by atoms with E-state index in [1.54, 1.807) is 0 Å². The predicted octanol–water partition coefficient (Wildman–Crippen LogP) is 2.61. The average molecular weight is 294 g/mol. The summed E-state index contributed by atoms with van der Waals surface area (Å²) in [7, 11) is 0. The molecule has 1 aliphatic heterocycles. The Kier molecular flexibility index (Phi) is 7.26. The summed E-state index contributed by atoms with van der Waals surface area (Å²) in [5, 5.41) is 3.44. The first kappa shape index (κ1) is 15.7. The van der Waals surface area contributed by atoms with Crippen molar-refractivity contribution in [2.24, 2.45) is 0 Å². The van der Waals surface area contributed by atoms with Gasteiger partial charge in [0.25, 0.3) is 0 Å². The van der Waals surface area contributed by atoms with Crippen LogP contribution < -0.4 is 10.1 Å². The molecule has 0 spiro atoms. The maximum atomic E-state index is 5.98. The highest BCUT2D eigenvalue weighted by Gasteiger charge is 2.10. The number of benzene rings is 1. The van der Waals surface area contributed by atoms with Crippen molar-refractivity contribution in [1.29, 1.82) is 0 Å². The van der Waals surface area contributed by atoms with E-state index in [-0.39, 0.29) is 0 Å². The molecule has 0 saturated carbocycles. The minimum atomic E-state index is 0.787. The number of rotatable bonds is 8. The highest BCUT2D eigenvalue weighted by Crippen LogP contribution is 2.18. The summed E-state index contributed by atoms with van der Waals surface area (Å²) >= 11 is 2.05. The van der Waals surface area contributed by atoms with E-state index in [9.17, 15) is 0 Å². The number of hydrogen-bond donors (Lipinski definition) is 1. The fourth-order valence-electron chi connectivity index (χ4n) is 2.30. The molecule has 2 rings (SSSR count). The monoisotopic (exact) mass is 294 g/mol. The smallest absolute Gasteiger partial charge is 0.123 e. The Bertz CT molecular complexity index is 380. The van der Waals surface area contributed by atoms with Gasteiger partial charge in [0.05, 0.1) is 0 Å². The van der Waals surface area contributed by atoms with Crippen LogP contribution in [0, 0.1) is 0 Å². The van der Waals surface area contributed by atoms with Crippen LogP contribution in [-0.2, 0) is 6.54 Å². The van der Waals surface area contributed by atoms with E-state index >= 15 is 0 Å². The van der Waals surface area contributed by atoms with Gasteiger partial charge in [-0.2, -0.15) is 11.8 Å². The van der Waals surface area contributed by atoms with Crippen LogP contribution >= 0.6 is 11.8 Å². The molecule has 0 unspecified atom stereocenters. The Balaban J connectivity index is 1.76. The van der Waals surface area contributed by atoms with Crippen molar-refractivity contribution in [3.8, 4) is 5.75 Å². The van der Waals surface area contributed by atoms with Crippen LogP contribution in [0.5, 0.6) is 5.75 Å². The van der Waals surface area contributed by atoms with E-state index in [0.29, 0.717) is 0 Å². The molecule has 20 heavy (non-hydrogen) atoms. The van der Waals surface area contributed by atoms with Crippen LogP contribution in [0.1, 0.15) is 18.9 Å². The zero-order valence-electron chi connectivity index (χ0n) is 12.4. The molecular weight excluding hydrogens is 268 g/mol. The van der Waals surface area contributed by atoms with E-state index in [0.717, 1.165) is 38.4 Å². The predicted molar refractivity (Wildman–Crippen MR) is 87.7 cm³/mol. The van der Waals surface area contributed by atoms with Gasteiger partial charge >= 0.3 is 0 Å². The summed E-state index contributed by atoms with van der Waals surface area (Å²) in [6.45, 7) is 8.37. The fraction of sp³-hybridized carbons (Fsp3) is 0.625. The van der Waals surface area contributed by atoms with Crippen LogP contribution in [-0.4, -0.2) is 49.2 Å². The van der Waals surface area contributed by atoms with Crippen molar-refractivity contribution in [3.05, 3.63) is 29.8 Å². The zero-order chi connectivity index (χ0) is 14.0. The minimum absolute atomic E-state index is 0.787. The number of ether oxygens (including phenoxy) is 1. The van der Waals surface area contributed by atoms with Gasteiger partial charge in [-0.15, -0.1) is 0 Å². The normalized spacial score (nSPS) is 16.2. The van der Waals surface area contributed by atoms with E-state index in [1.165, 1.54) is 30.2 Å². The van der Waals surface area contributed by atoms with Crippen LogP contribution in [0.25, 0.3) is 0 Å². The van der Waals surface area contributed by atoms with Crippen molar-refractivity contribution in [1.82, 2.24) is 10.2 Å². The number of nitrogens with zero attached hydrogens (tertiary/aromatic N) is 1. The molecule has 4 heteroatoms. The molecule has 1 heterocycles. The van der Waals surface area contributed by atoms with Crippen molar-refractivity contribution >= 4 is 11.8 Å². The molecule has 0 radical (unpaired) electrons. The van der Waals surface area contributed by atoms with Crippen molar-refractivity contribution < 1.29 is 4.74 Å². The molecule has 0 aromatic heterocycles. The Hall–Kier alpha value is -0.710. The number of hydrogen-bond acceptors (Lipinski definition) is 4. The summed E-state index contributed by atoms with van der Waals surface area (Å²) in [4.78, 5) is 2.49. The van der Waals surface area contributed by atoms with E-state index in [4.69, 9.17) is 4.74 Å². The third kappa shape index (κ3) is 5.35. The maximum absolute atomic E-state index is 5.98. The lowest BCUT2D eigenvalue weighted by molar-refractivity contribution is 0.221. The van der Waals surface area contributed by atoms with Gasteiger partial charge in [0, 0.05) is 43.2 Å². The summed E-state index contributed by atoms with van der Waals surface area (Å²) < 4.78 is 5.98. The molecule has 1 fully saturated rings. The second kappa shape index (κ2) is 9.27. The molecule has 1 N–H and O–H groups in total. The van der Waals surface area contributed by atoms with Gasteiger partial charge in [0.2, 0.25) is 0 Å². The SMILES string of the molecule is CCCNCc1ccccc1OCCN1CCSCC1. The molecule has 112 valence electrons. The number of nitrogens with one attached hydrogen (secondary N) is 1. The molecular formula is C16H26N2OS. The van der Waals surface area contributed by atoms with Crippen LogP contribution in [0.3, 0.4) is 0 Å². The third-order valence-electron chi connectivity index (χ3n) is 3.48. The minimum Gasteiger partial charge on any atom is -0.492 e. The first-order valence-corrected chi connectivity index (χ1v) is 8.77. The van der Waals surface area contributed by atoms with Gasteiger partial charge in [0.15, 0.2) is 0 Å². The van der Waals surface area contributed by atoms with Crippen molar-refractivity contribution in [2.45, 2.75) is 19.9 Å². The molecule has 1 aliphatic rings. The Labute approximate surface area is 127 Å². The molecule has 1 aromatic rings. The first-order chi connectivity index (χ1) is 9.90. The molecule has 1 aromatic carbocycles. The second-order valence-electron chi connectivity index (χ2n) is 5.09. The van der Waals surface area contributed by atoms with E-state index in [1.807, 2.05) is 0 Å². The largest absolute Gasteiger partial charge is 0.492 e. The molecule has 3 nitrogen and oxygen atoms in total. The fourth-order valence-corrected chi connectivity index (χ4v) is 3.28.